The smallest absolute Gasteiger partial charge is 0.227 e. The molecule has 1 saturated heterocycles. The summed E-state index contributed by atoms with van der Waals surface area (Å²) in [7, 11) is 2.03. The Morgan fingerprint density at radius 2 is 1.71 bits per heavy atom. The predicted molar refractivity (Wildman–Crippen MR) is 134 cm³/mol. The van der Waals surface area contributed by atoms with Crippen molar-refractivity contribution in [1.82, 2.24) is 19.7 Å². The first-order valence-electron chi connectivity index (χ1n) is 11.7. The Hall–Kier alpha value is -3.87. The number of nitrogens with zero attached hydrogens (tertiary/aromatic N) is 5. The van der Waals surface area contributed by atoms with Gasteiger partial charge in [0, 0.05) is 55.9 Å². The summed E-state index contributed by atoms with van der Waals surface area (Å²) in [4.78, 5) is 17.1. The summed E-state index contributed by atoms with van der Waals surface area (Å²) >= 11 is 0. The van der Waals surface area contributed by atoms with Crippen molar-refractivity contribution in [1.29, 1.82) is 0 Å². The number of amides is 1. The Labute approximate surface area is 199 Å². The molecule has 34 heavy (non-hydrogen) atoms. The van der Waals surface area contributed by atoms with Crippen molar-refractivity contribution in [2.24, 2.45) is 7.05 Å². The number of carbonyl (C=O) groups is 1. The molecule has 0 radical (unpaired) electrons. The molecule has 0 spiro atoms. The molecule has 0 unspecified atom stereocenters. The molecular formula is C27H29N5O2. The summed E-state index contributed by atoms with van der Waals surface area (Å²) < 4.78 is 7.59. The summed E-state index contributed by atoms with van der Waals surface area (Å²) in [5.74, 6) is 1.87. The minimum absolute atomic E-state index is 0.174. The van der Waals surface area contributed by atoms with E-state index in [2.05, 4.69) is 38.0 Å². The van der Waals surface area contributed by atoms with Crippen LogP contribution >= 0.6 is 0 Å². The van der Waals surface area contributed by atoms with Crippen molar-refractivity contribution < 1.29 is 9.53 Å². The molecule has 7 heteroatoms. The van der Waals surface area contributed by atoms with Crippen LogP contribution in [0.2, 0.25) is 0 Å². The van der Waals surface area contributed by atoms with E-state index in [1.807, 2.05) is 67.4 Å². The van der Waals surface area contributed by atoms with Crippen LogP contribution in [0.1, 0.15) is 12.5 Å². The molecule has 0 atom stereocenters. The third-order valence-electron chi connectivity index (χ3n) is 6.39. The molecule has 2 aromatic carbocycles. The topological polar surface area (TPSA) is 63.5 Å². The highest BCUT2D eigenvalue weighted by atomic mass is 16.5. The van der Waals surface area contributed by atoms with Crippen molar-refractivity contribution in [3.63, 3.8) is 0 Å². The maximum atomic E-state index is 13.0. The van der Waals surface area contributed by atoms with E-state index in [4.69, 9.17) is 4.74 Å². The molecule has 1 fully saturated rings. The van der Waals surface area contributed by atoms with Crippen LogP contribution < -0.4 is 9.64 Å². The first-order chi connectivity index (χ1) is 16.6. The number of aromatic nitrogens is 3. The van der Waals surface area contributed by atoms with Gasteiger partial charge in [-0.3, -0.25) is 4.79 Å². The molecule has 1 aliphatic heterocycles. The molecule has 7 nitrogen and oxygen atoms in total. The lowest BCUT2D eigenvalue weighted by atomic mass is 10.1. The molecule has 5 rings (SSSR count). The lowest BCUT2D eigenvalue weighted by Crippen LogP contribution is -2.49. The molecule has 0 saturated carbocycles. The van der Waals surface area contributed by atoms with Crippen molar-refractivity contribution in [2.75, 3.05) is 37.7 Å². The maximum Gasteiger partial charge on any atom is 0.227 e. The number of hydrogen-bond acceptors (Lipinski definition) is 5. The molecule has 1 aliphatic rings. The summed E-state index contributed by atoms with van der Waals surface area (Å²) in [6, 6.07) is 20.1. The third-order valence-corrected chi connectivity index (χ3v) is 6.39. The summed E-state index contributed by atoms with van der Waals surface area (Å²) in [6.45, 7) is 5.49. The van der Waals surface area contributed by atoms with Crippen molar-refractivity contribution in [3.8, 4) is 17.0 Å². The van der Waals surface area contributed by atoms with Crippen molar-refractivity contribution >= 4 is 22.6 Å². The average molecular weight is 456 g/mol. The number of aryl methyl sites for hydroxylation is 1. The molecule has 2 aromatic heterocycles. The number of ether oxygens (including phenoxy) is 1. The highest BCUT2D eigenvalue weighted by Crippen LogP contribution is 2.23. The standard InChI is InChI=1S/C27H29N5O2/c1-3-34-22-10-8-20(9-11-22)24-12-13-26(29-28-24)31-14-16-32(17-15-31)27(33)18-21-19-30(2)25-7-5-4-6-23(21)25/h4-13,19H,3,14-18H2,1-2H3. The molecule has 0 N–H and O–H groups in total. The second kappa shape index (κ2) is 9.55. The molecule has 4 aromatic rings. The first kappa shape index (κ1) is 21.9. The number of benzene rings is 2. The SMILES string of the molecule is CCOc1ccc(-c2ccc(N3CCN(C(=O)Cc4cn(C)c5ccccc45)CC3)nn2)cc1. The zero-order valence-electron chi connectivity index (χ0n) is 19.6. The van der Waals surface area contributed by atoms with Gasteiger partial charge in [-0.05, 0) is 55.0 Å². The van der Waals surface area contributed by atoms with Crippen LogP contribution in [0.5, 0.6) is 5.75 Å². The normalized spacial score (nSPS) is 13.9. The molecule has 174 valence electrons. The van der Waals surface area contributed by atoms with Gasteiger partial charge in [-0.15, -0.1) is 10.2 Å². The van der Waals surface area contributed by atoms with E-state index >= 15 is 0 Å². The molecule has 0 aliphatic carbocycles. The van der Waals surface area contributed by atoms with Gasteiger partial charge in [0.2, 0.25) is 5.91 Å². The lowest BCUT2D eigenvalue weighted by Gasteiger charge is -2.35. The largest absolute Gasteiger partial charge is 0.494 e. The van der Waals surface area contributed by atoms with E-state index in [-0.39, 0.29) is 5.91 Å². The molecule has 3 heterocycles. The predicted octanol–water partition coefficient (Wildman–Crippen LogP) is 3.93. The Bertz CT molecular complexity index is 1270. The van der Waals surface area contributed by atoms with Gasteiger partial charge in [0.15, 0.2) is 5.82 Å². The quantitative estimate of drug-likeness (QED) is 0.441. The lowest BCUT2D eigenvalue weighted by molar-refractivity contribution is -0.130. The van der Waals surface area contributed by atoms with Crippen LogP contribution in [0.4, 0.5) is 5.82 Å². The second-order valence-corrected chi connectivity index (χ2v) is 8.56. The highest BCUT2D eigenvalue weighted by Gasteiger charge is 2.23. The van der Waals surface area contributed by atoms with Gasteiger partial charge in [-0.25, -0.2) is 0 Å². The van der Waals surface area contributed by atoms with E-state index < -0.39 is 0 Å². The fourth-order valence-corrected chi connectivity index (χ4v) is 4.56. The summed E-state index contributed by atoms with van der Waals surface area (Å²) in [6.07, 6.45) is 2.50. The summed E-state index contributed by atoms with van der Waals surface area (Å²) in [5.41, 5.74) is 4.07. The van der Waals surface area contributed by atoms with E-state index in [1.165, 1.54) is 0 Å². The average Bonchev–Trinajstić information content (AvgIpc) is 3.20. The minimum Gasteiger partial charge on any atom is -0.494 e. The molecule has 0 bridgehead atoms. The van der Waals surface area contributed by atoms with E-state index in [1.54, 1.807) is 0 Å². The monoisotopic (exact) mass is 455 g/mol. The molecular weight excluding hydrogens is 426 g/mol. The summed E-state index contributed by atoms with van der Waals surface area (Å²) in [5, 5.41) is 10.0. The molecule has 1 amide bonds. The van der Waals surface area contributed by atoms with Gasteiger partial charge in [-0.2, -0.15) is 0 Å². The van der Waals surface area contributed by atoms with E-state index in [0.717, 1.165) is 52.4 Å². The van der Waals surface area contributed by atoms with Crippen LogP contribution in [0.25, 0.3) is 22.2 Å². The number of anilines is 1. The minimum atomic E-state index is 0.174. The van der Waals surface area contributed by atoms with Gasteiger partial charge in [0.05, 0.1) is 18.7 Å². The zero-order valence-corrected chi connectivity index (χ0v) is 19.6. The Morgan fingerprint density at radius 3 is 2.41 bits per heavy atom. The second-order valence-electron chi connectivity index (χ2n) is 8.56. The van der Waals surface area contributed by atoms with Gasteiger partial charge in [0.25, 0.3) is 0 Å². The number of rotatable bonds is 6. The van der Waals surface area contributed by atoms with Crippen LogP contribution in [0.15, 0.2) is 66.9 Å². The fourth-order valence-electron chi connectivity index (χ4n) is 4.56. The zero-order chi connectivity index (χ0) is 23.5. The number of fused-ring (bicyclic) bond motifs is 1. The van der Waals surface area contributed by atoms with Gasteiger partial charge in [-0.1, -0.05) is 18.2 Å². The highest BCUT2D eigenvalue weighted by molar-refractivity contribution is 5.89. The van der Waals surface area contributed by atoms with E-state index in [0.29, 0.717) is 26.1 Å². The van der Waals surface area contributed by atoms with Crippen LogP contribution in [-0.4, -0.2) is 58.4 Å². The first-order valence-corrected chi connectivity index (χ1v) is 11.7. The van der Waals surface area contributed by atoms with Gasteiger partial charge < -0.3 is 19.1 Å². The van der Waals surface area contributed by atoms with Crippen LogP contribution in [0.3, 0.4) is 0 Å². The fraction of sp³-hybridized carbons (Fsp3) is 0.296. The van der Waals surface area contributed by atoms with Crippen molar-refractivity contribution in [3.05, 3.63) is 72.4 Å². The van der Waals surface area contributed by atoms with E-state index in [9.17, 15) is 4.79 Å². The van der Waals surface area contributed by atoms with Gasteiger partial charge in [0.1, 0.15) is 5.75 Å². The Kier molecular flexibility index (Phi) is 6.16. The number of para-hydroxylation sites is 1. The number of hydrogen-bond donors (Lipinski definition) is 0. The van der Waals surface area contributed by atoms with Crippen LogP contribution in [0, 0.1) is 0 Å². The maximum absolute atomic E-state index is 13.0. The Morgan fingerprint density at radius 1 is 0.941 bits per heavy atom. The Balaban J connectivity index is 1.19. The number of carbonyl (C=O) groups excluding carboxylic acids is 1. The number of piperazine rings is 1. The van der Waals surface area contributed by atoms with Crippen molar-refractivity contribution in [2.45, 2.75) is 13.3 Å². The van der Waals surface area contributed by atoms with Gasteiger partial charge >= 0.3 is 0 Å². The third kappa shape index (κ3) is 4.46. The van der Waals surface area contributed by atoms with Crippen LogP contribution in [-0.2, 0) is 18.3 Å².